The van der Waals surface area contributed by atoms with Crippen molar-refractivity contribution in [3.05, 3.63) is 36.7 Å². The lowest BCUT2D eigenvalue weighted by atomic mass is 10.0. The summed E-state index contributed by atoms with van der Waals surface area (Å²) in [5, 5.41) is 16.4. The second kappa shape index (κ2) is 9.32. The lowest BCUT2D eigenvalue weighted by molar-refractivity contribution is -0.119. The maximum absolute atomic E-state index is 11.6. The van der Waals surface area contributed by atoms with E-state index < -0.39 is 6.09 Å². The quantitative estimate of drug-likeness (QED) is 0.550. The number of carboxylic acid groups (broad SMARTS) is 1. The minimum atomic E-state index is -0.893. The van der Waals surface area contributed by atoms with E-state index in [0.717, 1.165) is 16.8 Å². The minimum Gasteiger partial charge on any atom is -0.495 e. The first-order valence-corrected chi connectivity index (χ1v) is 11.6. The zero-order valence-electron chi connectivity index (χ0n) is 19.7. The second-order valence-electron chi connectivity index (χ2n) is 8.83. The molecule has 2 fully saturated rings. The molecule has 1 unspecified atom stereocenters. The number of methoxy groups -OCH3 is 1. The van der Waals surface area contributed by atoms with Gasteiger partial charge in [-0.1, -0.05) is 6.07 Å². The van der Waals surface area contributed by atoms with Crippen LogP contribution in [0.1, 0.15) is 13.3 Å². The molecular weight excluding hydrogens is 452 g/mol. The Morgan fingerprint density at radius 1 is 1.23 bits per heavy atom. The van der Waals surface area contributed by atoms with Gasteiger partial charge in [0.2, 0.25) is 11.8 Å². The third-order valence-electron chi connectivity index (χ3n) is 6.69. The number of aromatic nitrogens is 3. The molecule has 11 nitrogen and oxygen atoms in total. The second-order valence-corrected chi connectivity index (χ2v) is 8.83. The summed E-state index contributed by atoms with van der Waals surface area (Å²) in [5.74, 6) is 1.26. The summed E-state index contributed by atoms with van der Waals surface area (Å²) in [4.78, 5) is 31.2. The van der Waals surface area contributed by atoms with Crippen LogP contribution in [0, 0.1) is 5.92 Å². The molecule has 2 saturated heterocycles. The standard InChI is InChI=1S/C24H28N6O5/c1-15(17-12-22(31)25-13-17)35-23-20-5-6-26-30(20)14-18(27-23)16-3-4-19(21(11-16)34-2)28-7-9-29(10-8-28)24(32)33/h3-6,11,14-15,17H,7-10,12-13H2,1-2H3,(H,25,31)(H,32,33)/t15?,17-/m1/s1. The van der Waals surface area contributed by atoms with Crippen molar-refractivity contribution in [3.63, 3.8) is 0 Å². The highest BCUT2D eigenvalue weighted by atomic mass is 16.5. The summed E-state index contributed by atoms with van der Waals surface area (Å²) >= 11 is 0. The number of carbonyl (C=O) groups is 2. The average Bonchev–Trinajstić information content (AvgIpc) is 3.53. The summed E-state index contributed by atoms with van der Waals surface area (Å²) in [5.41, 5.74) is 3.16. The molecule has 2 amide bonds. The molecule has 5 rings (SSSR count). The molecule has 2 aliphatic heterocycles. The molecule has 0 saturated carbocycles. The Morgan fingerprint density at radius 2 is 2.03 bits per heavy atom. The third kappa shape index (κ3) is 4.53. The van der Waals surface area contributed by atoms with Crippen LogP contribution in [0.15, 0.2) is 36.7 Å². The van der Waals surface area contributed by atoms with Crippen molar-refractivity contribution in [1.82, 2.24) is 24.8 Å². The lowest BCUT2D eigenvalue weighted by Gasteiger charge is -2.35. The van der Waals surface area contributed by atoms with Gasteiger partial charge >= 0.3 is 6.09 Å². The highest BCUT2D eigenvalue weighted by Gasteiger charge is 2.29. The molecule has 2 N–H and O–H groups in total. The normalized spacial score (nSPS) is 19.0. The van der Waals surface area contributed by atoms with Gasteiger partial charge in [-0.2, -0.15) is 5.10 Å². The van der Waals surface area contributed by atoms with Gasteiger partial charge in [0, 0.05) is 50.6 Å². The van der Waals surface area contributed by atoms with Gasteiger partial charge in [-0.05, 0) is 25.1 Å². The molecule has 3 aromatic rings. The number of carbonyl (C=O) groups excluding carboxylic acids is 1. The lowest BCUT2D eigenvalue weighted by Crippen LogP contribution is -2.48. The van der Waals surface area contributed by atoms with Gasteiger partial charge in [0.25, 0.3) is 0 Å². The average molecular weight is 481 g/mol. The predicted octanol–water partition coefficient (Wildman–Crippen LogP) is 2.11. The zero-order valence-corrected chi connectivity index (χ0v) is 19.7. The van der Waals surface area contributed by atoms with Crippen molar-refractivity contribution in [2.24, 2.45) is 5.92 Å². The number of nitrogens with zero attached hydrogens (tertiary/aromatic N) is 5. The van der Waals surface area contributed by atoms with Crippen LogP contribution in [0.2, 0.25) is 0 Å². The smallest absolute Gasteiger partial charge is 0.407 e. The van der Waals surface area contributed by atoms with E-state index in [1.807, 2.05) is 37.4 Å². The monoisotopic (exact) mass is 480 g/mol. The van der Waals surface area contributed by atoms with E-state index in [-0.39, 0.29) is 17.9 Å². The number of amides is 2. The Kier molecular flexibility index (Phi) is 6.06. The highest BCUT2D eigenvalue weighted by Crippen LogP contribution is 2.34. The van der Waals surface area contributed by atoms with Gasteiger partial charge in [0.1, 0.15) is 17.4 Å². The Morgan fingerprint density at radius 3 is 2.71 bits per heavy atom. The maximum atomic E-state index is 11.6. The van der Waals surface area contributed by atoms with Crippen molar-refractivity contribution < 1.29 is 24.2 Å². The van der Waals surface area contributed by atoms with Crippen LogP contribution in [0.25, 0.3) is 16.8 Å². The van der Waals surface area contributed by atoms with Crippen molar-refractivity contribution in [3.8, 4) is 22.9 Å². The number of nitrogens with one attached hydrogen (secondary N) is 1. The molecule has 4 heterocycles. The Hall–Kier alpha value is -4.02. The van der Waals surface area contributed by atoms with E-state index in [4.69, 9.17) is 14.5 Å². The number of ether oxygens (including phenoxy) is 2. The number of fused-ring (bicyclic) bond motifs is 1. The van der Waals surface area contributed by atoms with Crippen LogP contribution >= 0.6 is 0 Å². The molecule has 2 aliphatic rings. The van der Waals surface area contributed by atoms with Gasteiger partial charge in [0.15, 0.2) is 0 Å². The summed E-state index contributed by atoms with van der Waals surface area (Å²) in [6, 6.07) is 7.70. The number of piperazine rings is 1. The largest absolute Gasteiger partial charge is 0.495 e. The van der Waals surface area contributed by atoms with Crippen molar-refractivity contribution in [2.75, 3.05) is 44.7 Å². The van der Waals surface area contributed by atoms with Crippen molar-refractivity contribution >= 4 is 23.2 Å². The van der Waals surface area contributed by atoms with Gasteiger partial charge in [-0.15, -0.1) is 0 Å². The zero-order chi connectivity index (χ0) is 24.5. The van der Waals surface area contributed by atoms with E-state index >= 15 is 0 Å². The molecule has 2 atom stereocenters. The molecule has 0 bridgehead atoms. The summed E-state index contributed by atoms with van der Waals surface area (Å²) in [6.45, 7) is 4.61. The molecule has 11 heteroatoms. The first-order chi connectivity index (χ1) is 16.9. The molecule has 0 spiro atoms. The van der Waals surface area contributed by atoms with Crippen LogP contribution in [0.5, 0.6) is 11.6 Å². The molecular formula is C24H28N6O5. The maximum Gasteiger partial charge on any atom is 0.407 e. The Balaban J connectivity index is 1.42. The van der Waals surface area contributed by atoms with E-state index in [1.54, 1.807) is 17.8 Å². The molecule has 35 heavy (non-hydrogen) atoms. The Bertz CT molecular complexity index is 1250. The van der Waals surface area contributed by atoms with Gasteiger partial charge in [-0.3, -0.25) is 4.79 Å². The van der Waals surface area contributed by atoms with Crippen LogP contribution in [0.4, 0.5) is 10.5 Å². The van der Waals surface area contributed by atoms with E-state index in [1.165, 1.54) is 4.90 Å². The first-order valence-electron chi connectivity index (χ1n) is 11.6. The molecule has 0 aliphatic carbocycles. The topological polar surface area (TPSA) is 122 Å². The summed E-state index contributed by atoms with van der Waals surface area (Å²) in [6.07, 6.45) is 2.88. The van der Waals surface area contributed by atoms with Crippen LogP contribution in [-0.2, 0) is 4.79 Å². The Labute approximate surface area is 202 Å². The van der Waals surface area contributed by atoms with Crippen molar-refractivity contribution in [1.29, 1.82) is 0 Å². The predicted molar refractivity (Wildman–Crippen MR) is 128 cm³/mol. The van der Waals surface area contributed by atoms with Gasteiger partial charge in [-0.25, -0.2) is 14.3 Å². The fourth-order valence-electron chi connectivity index (χ4n) is 4.59. The van der Waals surface area contributed by atoms with E-state index in [0.29, 0.717) is 56.5 Å². The SMILES string of the molecule is COc1cc(-c2cn3nccc3c(OC(C)[C@H]3CNC(=O)C3)n2)ccc1N1CCN(C(=O)O)CC1. The van der Waals surface area contributed by atoms with E-state index in [2.05, 4.69) is 15.3 Å². The van der Waals surface area contributed by atoms with Crippen LogP contribution in [0.3, 0.4) is 0 Å². The number of hydrogen-bond acceptors (Lipinski definition) is 7. The summed E-state index contributed by atoms with van der Waals surface area (Å²) < 4.78 is 13.6. The molecule has 184 valence electrons. The first kappa shape index (κ1) is 22.8. The number of rotatable bonds is 6. The van der Waals surface area contributed by atoms with E-state index in [9.17, 15) is 14.7 Å². The van der Waals surface area contributed by atoms with Gasteiger partial charge in [0.05, 0.1) is 30.9 Å². The third-order valence-corrected chi connectivity index (χ3v) is 6.69. The summed E-state index contributed by atoms with van der Waals surface area (Å²) in [7, 11) is 1.62. The van der Waals surface area contributed by atoms with Crippen LogP contribution in [-0.4, -0.2) is 82.5 Å². The number of benzene rings is 1. The van der Waals surface area contributed by atoms with Crippen LogP contribution < -0.4 is 19.7 Å². The number of anilines is 1. The highest BCUT2D eigenvalue weighted by molar-refractivity contribution is 5.78. The fourth-order valence-corrected chi connectivity index (χ4v) is 4.59. The van der Waals surface area contributed by atoms with Gasteiger partial charge < -0.3 is 29.7 Å². The number of hydrogen-bond donors (Lipinski definition) is 2. The molecule has 0 radical (unpaired) electrons. The fraction of sp³-hybridized carbons (Fsp3) is 0.417. The van der Waals surface area contributed by atoms with Crippen molar-refractivity contribution in [2.45, 2.75) is 19.4 Å². The molecule has 1 aromatic carbocycles. The minimum absolute atomic E-state index is 0.0400. The molecule has 2 aromatic heterocycles.